The van der Waals surface area contributed by atoms with E-state index in [1.54, 1.807) is 0 Å². The highest BCUT2D eigenvalue weighted by atomic mass is 16.3. The van der Waals surface area contributed by atoms with Crippen molar-refractivity contribution in [3.05, 3.63) is 23.5 Å². The normalized spacial score (nSPS) is 11.7. The Bertz CT molecular complexity index is 286. The average molecular weight is 165 g/mol. The van der Waals surface area contributed by atoms with Gasteiger partial charge in [-0.1, -0.05) is 20.8 Å². The van der Waals surface area contributed by atoms with E-state index in [9.17, 15) is 5.11 Å². The second kappa shape index (κ2) is 2.77. The summed E-state index contributed by atoms with van der Waals surface area (Å²) in [6.45, 7) is 8.24. The number of hydrogen-bond acceptors (Lipinski definition) is 2. The first-order valence-corrected chi connectivity index (χ1v) is 4.07. The SMILES string of the molecule is Cc1c(O)cncc1C(C)(C)C. The van der Waals surface area contributed by atoms with Gasteiger partial charge in [-0.3, -0.25) is 4.98 Å². The second-order valence-corrected chi connectivity index (χ2v) is 4.08. The fourth-order valence-corrected chi connectivity index (χ4v) is 1.27. The van der Waals surface area contributed by atoms with Crippen LogP contribution in [-0.2, 0) is 5.41 Å². The summed E-state index contributed by atoms with van der Waals surface area (Å²) < 4.78 is 0. The third-order valence-corrected chi connectivity index (χ3v) is 2.00. The van der Waals surface area contributed by atoms with E-state index < -0.39 is 0 Å². The van der Waals surface area contributed by atoms with Gasteiger partial charge in [-0.15, -0.1) is 0 Å². The Kier molecular flexibility index (Phi) is 2.09. The zero-order valence-electron chi connectivity index (χ0n) is 8.05. The average Bonchev–Trinajstić information content (AvgIpc) is 1.92. The van der Waals surface area contributed by atoms with Crippen LogP contribution >= 0.6 is 0 Å². The number of nitrogens with zero attached hydrogens (tertiary/aromatic N) is 1. The Hall–Kier alpha value is -1.05. The van der Waals surface area contributed by atoms with E-state index in [0.29, 0.717) is 0 Å². The highest BCUT2D eigenvalue weighted by Gasteiger charge is 2.17. The molecule has 0 radical (unpaired) electrons. The van der Waals surface area contributed by atoms with Crippen LogP contribution in [0.25, 0.3) is 0 Å². The summed E-state index contributed by atoms with van der Waals surface area (Å²) in [6.07, 6.45) is 3.29. The molecule has 0 aliphatic rings. The van der Waals surface area contributed by atoms with E-state index in [-0.39, 0.29) is 11.2 Å². The van der Waals surface area contributed by atoms with Crippen molar-refractivity contribution in [2.24, 2.45) is 0 Å². The molecule has 0 fully saturated rings. The predicted octanol–water partition coefficient (Wildman–Crippen LogP) is 2.39. The first-order valence-electron chi connectivity index (χ1n) is 4.07. The maximum absolute atomic E-state index is 9.40. The molecule has 66 valence electrons. The van der Waals surface area contributed by atoms with Crippen LogP contribution in [0.5, 0.6) is 5.75 Å². The Balaban J connectivity index is 3.26. The molecule has 0 saturated heterocycles. The number of aromatic nitrogens is 1. The number of pyridine rings is 1. The van der Waals surface area contributed by atoms with Crippen molar-refractivity contribution < 1.29 is 5.11 Å². The molecule has 0 amide bonds. The summed E-state index contributed by atoms with van der Waals surface area (Å²) in [4.78, 5) is 3.96. The van der Waals surface area contributed by atoms with E-state index in [1.165, 1.54) is 6.20 Å². The Labute approximate surface area is 73.3 Å². The van der Waals surface area contributed by atoms with Crippen molar-refractivity contribution in [3.63, 3.8) is 0 Å². The van der Waals surface area contributed by atoms with E-state index in [2.05, 4.69) is 25.8 Å². The largest absolute Gasteiger partial charge is 0.506 e. The van der Waals surface area contributed by atoms with Gasteiger partial charge in [0.15, 0.2) is 0 Å². The molecule has 0 aliphatic heterocycles. The Morgan fingerprint density at radius 1 is 1.25 bits per heavy atom. The van der Waals surface area contributed by atoms with E-state index in [1.807, 2.05) is 13.1 Å². The molecule has 0 unspecified atom stereocenters. The topological polar surface area (TPSA) is 33.1 Å². The molecule has 12 heavy (non-hydrogen) atoms. The van der Waals surface area contributed by atoms with Crippen LogP contribution < -0.4 is 0 Å². The summed E-state index contributed by atoms with van der Waals surface area (Å²) in [5, 5.41) is 9.40. The maximum atomic E-state index is 9.40. The molecule has 1 rings (SSSR count). The first-order chi connectivity index (χ1) is 5.43. The molecule has 1 heterocycles. The standard InChI is InChI=1S/C10H15NO/c1-7-8(10(2,3)4)5-11-6-9(7)12/h5-6,12H,1-4H3. The zero-order chi connectivity index (χ0) is 9.35. The van der Waals surface area contributed by atoms with Crippen LogP contribution in [0.2, 0.25) is 0 Å². The van der Waals surface area contributed by atoms with Gasteiger partial charge in [0, 0.05) is 6.20 Å². The smallest absolute Gasteiger partial charge is 0.137 e. The molecule has 2 nitrogen and oxygen atoms in total. The van der Waals surface area contributed by atoms with Crippen molar-refractivity contribution in [2.75, 3.05) is 0 Å². The monoisotopic (exact) mass is 165 g/mol. The Morgan fingerprint density at radius 2 is 1.83 bits per heavy atom. The van der Waals surface area contributed by atoms with Crippen molar-refractivity contribution in [3.8, 4) is 5.75 Å². The minimum Gasteiger partial charge on any atom is -0.506 e. The molecule has 1 N–H and O–H groups in total. The molecule has 1 aromatic rings. The lowest BCUT2D eigenvalue weighted by Crippen LogP contribution is -2.13. The lowest BCUT2D eigenvalue weighted by molar-refractivity contribution is 0.462. The van der Waals surface area contributed by atoms with E-state index >= 15 is 0 Å². The van der Waals surface area contributed by atoms with Crippen LogP contribution in [0.4, 0.5) is 0 Å². The minimum atomic E-state index is 0.0514. The van der Waals surface area contributed by atoms with Gasteiger partial charge in [0.1, 0.15) is 5.75 Å². The fourth-order valence-electron chi connectivity index (χ4n) is 1.27. The molecular formula is C10H15NO. The zero-order valence-corrected chi connectivity index (χ0v) is 8.05. The molecule has 0 aromatic carbocycles. The van der Waals surface area contributed by atoms with Crippen molar-refractivity contribution >= 4 is 0 Å². The molecule has 2 heteroatoms. The lowest BCUT2D eigenvalue weighted by atomic mass is 9.85. The summed E-state index contributed by atoms with van der Waals surface area (Å²) >= 11 is 0. The predicted molar refractivity (Wildman–Crippen MR) is 49.3 cm³/mol. The molecule has 0 saturated carbocycles. The Morgan fingerprint density at radius 3 is 2.25 bits per heavy atom. The van der Waals surface area contributed by atoms with Gasteiger partial charge in [0.2, 0.25) is 0 Å². The molecule has 0 spiro atoms. The lowest BCUT2D eigenvalue weighted by Gasteiger charge is -2.21. The number of rotatable bonds is 0. The third kappa shape index (κ3) is 1.58. The molecule has 0 atom stereocenters. The summed E-state index contributed by atoms with van der Waals surface area (Å²) in [5.41, 5.74) is 2.08. The second-order valence-electron chi connectivity index (χ2n) is 4.08. The summed E-state index contributed by atoms with van der Waals surface area (Å²) in [7, 11) is 0. The van der Waals surface area contributed by atoms with Crippen LogP contribution in [0.3, 0.4) is 0 Å². The maximum Gasteiger partial charge on any atom is 0.137 e. The summed E-state index contributed by atoms with van der Waals surface area (Å²) in [5.74, 6) is 0.280. The van der Waals surface area contributed by atoms with E-state index in [4.69, 9.17) is 0 Å². The van der Waals surface area contributed by atoms with Crippen molar-refractivity contribution in [1.29, 1.82) is 0 Å². The number of aromatic hydroxyl groups is 1. The fraction of sp³-hybridized carbons (Fsp3) is 0.500. The first kappa shape index (κ1) is 9.04. The van der Waals surface area contributed by atoms with Crippen LogP contribution in [0, 0.1) is 6.92 Å². The highest BCUT2D eigenvalue weighted by Crippen LogP contribution is 2.28. The molecule has 0 bridgehead atoms. The van der Waals surface area contributed by atoms with Crippen LogP contribution in [-0.4, -0.2) is 10.1 Å². The molecule has 0 aliphatic carbocycles. The van der Waals surface area contributed by atoms with Gasteiger partial charge in [-0.25, -0.2) is 0 Å². The van der Waals surface area contributed by atoms with Crippen molar-refractivity contribution in [2.45, 2.75) is 33.1 Å². The molecule has 1 aromatic heterocycles. The van der Waals surface area contributed by atoms with Crippen molar-refractivity contribution in [1.82, 2.24) is 4.98 Å². The van der Waals surface area contributed by atoms with Crippen LogP contribution in [0.1, 0.15) is 31.9 Å². The van der Waals surface area contributed by atoms with E-state index in [0.717, 1.165) is 11.1 Å². The van der Waals surface area contributed by atoms with Gasteiger partial charge in [0.05, 0.1) is 6.20 Å². The third-order valence-electron chi connectivity index (χ3n) is 2.00. The number of hydrogen-bond donors (Lipinski definition) is 1. The van der Waals surface area contributed by atoms with Gasteiger partial charge in [0.25, 0.3) is 0 Å². The highest BCUT2D eigenvalue weighted by molar-refractivity contribution is 5.38. The quantitative estimate of drug-likeness (QED) is 0.640. The summed E-state index contributed by atoms with van der Waals surface area (Å²) in [6, 6.07) is 0. The minimum absolute atomic E-state index is 0.0514. The van der Waals surface area contributed by atoms with Gasteiger partial charge in [-0.05, 0) is 23.5 Å². The van der Waals surface area contributed by atoms with Gasteiger partial charge < -0.3 is 5.11 Å². The van der Waals surface area contributed by atoms with Gasteiger partial charge in [-0.2, -0.15) is 0 Å². The molecular weight excluding hydrogens is 150 g/mol. The van der Waals surface area contributed by atoms with Crippen LogP contribution in [0.15, 0.2) is 12.4 Å². The van der Waals surface area contributed by atoms with Gasteiger partial charge >= 0.3 is 0 Å².